The summed E-state index contributed by atoms with van der Waals surface area (Å²) >= 11 is 3.03. The average Bonchev–Trinajstić information content (AvgIpc) is 3.24. The molecule has 0 aliphatic carbocycles. The number of hydrogen-bond acceptors (Lipinski definition) is 9. The number of anilines is 1. The predicted octanol–water partition coefficient (Wildman–Crippen LogP) is 3.49. The number of hydrogen-bond donors (Lipinski definition) is 1. The smallest absolute Gasteiger partial charge is 0.247 e. The van der Waals surface area contributed by atoms with Gasteiger partial charge in [-0.2, -0.15) is 0 Å². The molecule has 9 heteroatoms. The van der Waals surface area contributed by atoms with Crippen LogP contribution in [0.3, 0.4) is 0 Å². The second kappa shape index (κ2) is 6.97. The van der Waals surface area contributed by atoms with Crippen LogP contribution in [0.4, 0.5) is 5.13 Å². The lowest BCUT2D eigenvalue weighted by Gasteiger charge is -2.02. The van der Waals surface area contributed by atoms with Crippen molar-refractivity contribution in [1.82, 2.24) is 20.4 Å². The second-order valence-electron chi connectivity index (χ2n) is 4.56. The van der Waals surface area contributed by atoms with Crippen molar-refractivity contribution in [3.8, 4) is 17.2 Å². The monoisotopic (exact) mass is 349 g/mol. The van der Waals surface area contributed by atoms with E-state index in [-0.39, 0.29) is 5.25 Å². The van der Waals surface area contributed by atoms with Gasteiger partial charge in [0, 0.05) is 12.6 Å². The number of rotatable bonds is 6. The summed E-state index contributed by atoms with van der Waals surface area (Å²) in [7, 11) is 3.45. The lowest BCUT2D eigenvalue weighted by atomic mass is 10.2. The quantitative estimate of drug-likeness (QED) is 0.677. The zero-order valence-corrected chi connectivity index (χ0v) is 14.4. The van der Waals surface area contributed by atoms with E-state index in [9.17, 15) is 0 Å². The highest BCUT2D eigenvalue weighted by Crippen LogP contribution is 2.37. The zero-order valence-electron chi connectivity index (χ0n) is 12.8. The number of thioether (sulfide) groups is 1. The minimum absolute atomic E-state index is 0.00726. The van der Waals surface area contributed by atoms with Crippen LogP contribution in [0.2, 0.25) is 0 Å². The van der Waals surface area contributed by atoms with E-state index >= 15 is 0 Å². The second-order valence-corrected chi connectivity index (χ2v) is 7.12. The molecule has 0 amide bonds. The van der Waals surface area contributed by atoms with Crippen molar-refractivity contribution in [2.45, 2.75) is 16.5 Å². The van der Waals surface area contributed by atoms with Crippen LogP contribution in [0.15, 0.2) is 33.0 Å². The van der Waals surface area contributed by atoms with E-state index in [1.807, 2.05) is 38.2 Å². The molecule has 2 heterocycles. The Morgan fingerprint density at radius 3 is 2.61 bits per heavy atom. The first kappa shape index (κ1) is 15.8. The van der Waals surface area contributed by atoms with E-state index < -0.39 is 0 Å². The van der Waals surface area contributed by atoms with Crippen LogP contribution in [0.25, 0.3) is 11.5 Å². The molecular weight excluding hydrogens is 334 g/mol. The Labute approximate surface area is 141 Å². The summed E-state index contributed by atoms with van der Waals surface area (Å²) in [5, 5.41) is 20.1. The first-order chi connectivity index (χ1) is 11.2. The summed E-state index contributed by atoms with van der Waals surface area (Å²) in [6.07, 6.45) is 0. The minimum Gasteiger partial charge on any atom is -0.497 e. The lowest BCUT2D eigenvalue weighted by molar-refractivity contribution is 0.415. The molecule has 1 aromatic carbocycles. The fourth-order valence-electron chi connectivity index (χ4n) is 1.81. The van der Waals surface area contributed by atoms with Gasteiger partial charge in [0.1, 0.15) is 5.75 Å². The van der Waals surface area contributed by atoms with Crippen molar-refractivity contribution in [3.63, 3.8) is 0 Å². The highest BCUT2D eigenvalue weighted by molar-refractivity contribution is 8.01. The summed E-state index contributed by atoms with van der Waals surface area (Å²) in [5.74, 6) is 1.83. The van der Waals surface area contributed by atoms with Crippen molar-refractivity contribution in [3.05, 3.63) is 30.2 Å². The minimum atomic E-state index is -0.00726. The topological polar surface area (TPSA) is 86.0 Å². The molecule has 120 valence electrons. The molecule has 0 fully saturated rings. The maximum atomic E-state index is 5.77. The highest BCUT2D eigenvalue weighted by Gasteiger charge is 2.18. The van der Waals surface area contributed by atoms with Crippen LogP contribution in [0.5, 0.6) is 5.75 Å². The van der Waals surface area contributed by atoms with Gasteiger partial charge in [-0.15, -0.1) is 20.4 Å². The number of aromatic nitrogens is 4. The molecule has 1 N–H and O–H groups in total. The normalized spacial score (nSPS) is 12.1. The van der Waals surface area contributed by atoms with Gasteiger partial charge >= 0.3 is 0 Å². The van der Waals surface area contributed by atoms with Gasteiger partial charge in [-0.25, -0.2) is 0 Å². The average molecular weight is 349 g/mol. The summed E-state index contributed by atoms with van der Waals surface area (Å²) in [4.78, 5) is 0. The van der Waals surface area contributed by atoms with E-state index in [1.165, 1.54) is 23.1 Å². The van der Waals surface area contributed by atoms with Crippen LogP contribution >= 0.6 is 23.1 Å². The number of benzene rings is 1. The summed E-state index contributed by atoms with van der Waals surface area (Å²) in [5.41, 5.74) is 0.857. The maximum Gasteiger partial charge on any atom is 0.247 e. The van der Waals surface area contributed by atoms with E-state index in [2.05, 4.69) is 25.7 Å². The molecule has 0 unspecified atom stereocenters. The molecule has 3 rings (SSSR count). The van der Waals surface area contributed by atoms with Crippen molar-refractivity contribution in [2.75, 3.05) is 19.5 Å². The van der Waals surface area contributed by atoms with Gasteiger partial charge in [0.05, 0.1) is 12.4 Å². The molecule has 0 aliphatic heterocycles. The Morgan fingerprint density at radius 2 is 1.96 bits per heavy atom. The molecule has 0 saturated carbocycles. The molecule has 23 heavy (non-hydrogen) atoms. The molecule has 3 aromatic rings. The van der Waals surface area contributed by atoms with E-state index in [1.54, 1.807) is 7.11 Å². The van der Waals surface area contributed by atoms with E-state index in [4.69, 9.17) is 9.15 Å². The molecule has 7 nitrogen and oxygen atoms in total. The Kier molecular flexibility index (Phi) is 4.77. The molecular formula is C14H15N5O2S2. The number of nitrogens with zero attached hydrogens (tertiary/aromatic N) is 4. The van der Waals surface area contributed by atoms with Crippen LogP contribution in [0, 0.1) is 0 Å². The van der Waals surface area contributed by atoms with Gasteiger partial charge in [-0.3, -0.25) is 0 Å². The molecule has 0 bridgehead atoms. The Bertz CT molecular complexity index is 772. The van der Waals surface area contributed by atoms with Crippen molar-refractivity contribution >= 4 is 28.2 Å². The Balaban J connectivity index is 1.72. The molecule has 1 atom stereocenters. The van der Waals surface area contributed by atoms with Gasteiger partial charge in [0.25, 0.3) is 0 Å². The standard InChI is InChI=1S/C14H15N5O2S2/c1-8(22-14-19-18-13(15-2)23-14)11-16-17-12(21-11)9-4-6-10(20-3)7-5-9/h4-8H,1-3H3,(H,15,18)/t8-/m1/s1. The largest absolute Gasteiger partial charge is 0.497 e. The van der Waals surface area contributed by atoms with Crippen molar-refractivity contribution < 1.29 is 9.15 Å². The first-order valence-electron chi connectivity index (χ1n) is 6.85. The van der Waals surface area contributed by atoms with Gasteiger partial charge in [0.2, 0.25) is 16.9 Å². The van der Waals surface area contributed by atoms with Crippen molar-refractivity contribution in [1.29, 1.82) is 0 Å². The molecule has 2 aromatic heterocycles. The Hall–Kier alpha value is -2.13. The number of methoxy groups -OCH3 is 1. The van der Waals surface area contributed by atoms with E-state index in [0.29, 0.717) is 11.8 Å². The fourth-order valence-corrected chi connectivity index (χ4v) is 3.69. The van der Waals surface area contributed by atoms with Crippen molar-refractivity contribution in [2.24, 2.45) is 0 Å². The third-order valence-electron chi connectivity index (χ3n) is 3.02. The van der Waals surface area contributed by atoms with Gasteiger partial charge in [-0.1, -0.05) is 23.1 Å². The molecule has 0 spiro atoms. The van der Waals surface area contributed by atoms with Gasteiger partial charge in [-0.05, 0) is 31.2 Å². The third-order valence-corrected chi connectivity index (χ3v) is 5.14. The zero-order chi connectivity index (χ0) is 16.2. The summed E-state index contributed by atoms with van der Waals surface area (Å²) in [6.45, 7) is 2.00. The maximum absolute atomic E-state index is 5.77. The number of ether oxygens (including phenoxy) is 1. The van der Waals surface area contributed by atoms with Crippen LogP contribution < -0.4 is 10.1 Å². The fraction of sp³-hybridized carbons (Fsp3) is 0.286. The van der Waals surface area contributed by atoms with Crippen LogP contribution in [-0.4, -0.2) is 34.6 Å². The van der Waals surface area contributed by atoms with Crippen LogP contribution in [0.1, 0.15) is 18.1 Å². The third kappa shape index (κ3) is 3.62. The SMILES string of the molecule is CNc1nnc(S[C@H](C)c2nnc(-c3ccc(OC)cc3)o2)s1. The molecule has 0 radical (unpaired) electrons. The predicted molar refractivity (Wildman–Crippen MR) is 90.0 cm³/mol. The molecule has 0 aliphatic rings. The first-order valence-corrected chi connectivity index (χ1v) is 8.55. The van der Waals surface area contributed by atoms with Crippen LogP contribution in [-0.2, 0) is 0 Å². The Morgan fingerprint density at radius 1 is 1.17 bits per heavy atom. The number of nitrogens with one attached hydrogen (secondary N) is 1. The summed E-state index contributed by atoms with van der Waals surface area (Å²) in [6, 6.07) is 7.49. The van der Waals surface area contributed by atoms with Gasteiger partial charge in [0.15, 0.2) is 4.34 Å². The van der Waals surface area contributed by atoms with Gasteiger partial charge < -0.3 is 14.5 Å². The van der Waals surface area contributed by atoms with E-state index in [0.717, 1.165) is 20.8 Å². The summed E-state index contributed by atoms with van der Waals surface area (Å²) < 4.78 is 11.8. The molecule has 0 saturated heterocycles. The highest BCUT2D eigenvalue weighted by atomic mass is 32.2. The lowest BCUT2D eigenvalue weighted by Crippen LogP contribution is -1.88.